The molecule has 0 radical (unpaired) electrons. The lowest BCUT2D eigenvalue weighted by molar-refractivity contribution is -0.00717. The highest BCUT2D eigenvalue weighted by Gasteiger charge is 2.45. The number of amides is 1. The van der Waals surface area contributed by atoms with Crippen molar-refractivity contribution in [2.24, 2.45) is 0 Å². The lowest BCUT2D eigenvalue weighted by Crippen LogP contribution is -2.52. The van der Waals surface area contributed by atoms with E-state index in [-0.39, 0.29) is 23.7 Å². The Hall–Kier alpha value is -1.40. The number of ether oxygens (including phenoxy) is 2. The average molecular weight is 333 g/mol. The minimum Gasteiger partial charge on any atom is -0.379 e. The molecule has 1 amide bonds. The monoisotopic (exact) mass is 333 g/mol. The molecular formula is C18H27N3O3. The molecule has 6 nitrogen and oxygen atoms in total. The zero-order valence-electron chi connectivity index (χ0n) is 14.6. The first-order chi connectivity index (χ1) is 11.6. The lowest BCUT2D eigenvalue weighted by atomic mass is 9.94. The van der Waals surface area contributed by atoms with Gasteiger partial charge in [-0.15, -0.1) is 0 Å². The molecule has 4 rings (SSSR count). The molecule has 1 aromatic heterocycles. The Morgan fingerprint density at radius 3 is 2.88 bits per heavy atom. The summed E-state index contributed by atoms with van der Waals surface area (Å²) in [5, 5.41) is 7.46. The van der Waals surface area contributed by atoms with Crippen molar-refractivity contribution in [1.82, 2.24) is 15.1 Å². The topological polar surface area (TPSA) is 67.5 Å². The van der Waals surface area contributed by atoms with Gasteiger partial charge in [-0.05, 0) is 33.1 Å². The summed E-state index contributed by atoms with van der Waals surface area (Å²) >= 11 is 0. The van der Waals surface area contributed by atoms with Crippen molar-refractivity contribution >= 4 is 5.91 Å². The van der Waals surface area contributed by atoms with Gasteiger partial charge in [-0.25, -0.2) is 0 Å². The lowest BCUT2D eigenvalue weighted by Gasteiger charge is -2.39. The third-order valence-electron chi connectivity index (χ3n) is 5.83. The Bertz CT molecular complexity index is 621. The maximum Gasteiger partial charge on any atom is 0.275 e. The second kappa shape index (κ2) is 6.15. The predicted molar refractivity (Wildman–Crippen MR) is 88.9 cm³/mol. The van der Waals surface area contributed by atoms with E-state index in [0.717, 1.165) is 50.1 Å². The molecule has 0 bridgehead atoms. The fourth-order valence-electron chi connectivity index (χ4n) is 4.64. The van der Waals surface area contributed by atoms with Gasteiger partial charge in [0.15, 0.2) is 5.69 Å². The van der Waals surface area contributed by atoms with Gasteiger partial charge in [0.1, 0.15) is 0 Å². The number of rotatable bonds is 1. The summed E-state index contributed by atoms with van der Waals surface area (Å²) in [6.07, 6.45) is 6.16. The van der Waals surface area contributed by atoms with E-state index in [1.807, 2.05) is 6.92 Å². The molecule has 2 aliphatic heterocycles. The second-order valence-electron chi connectivity index (χ2n) is 7.55. The summed E-state index contributed by atoms with van der Waals surface area (Å²) in [5.74, 6) is 0.0706. The molecule has 6 heteroatoms. The van der Waals surface area contributed by atoms with Crippen molar-refractivity contribution in [3.63, 3.8) is 0 Å². The smallest absolute Gasteiger partial charge is 0.275 e. The number of hydrogen-bond acceptors (Lipinski definition) is 4. The summed E-state index contributed by atoms with van der Waals surface area (Å²) < 4.78 is 11.7. The van der Waals surface area contributed by atoms with Gasteiger partial charge >= 0.3 is 0 Å². The molecule has 2 fully saturated rings. The maximum absolute atomic E-state index is 13.4. The van der Waals surface area contributed by atoms with E-state index < -0.39 is 0 Å². The van der Waals surface area contributed by atoms with Crippen molar-refractivity contribution in [2.45, 2.75) is 70.1 Å². The number of carbonyl (C=O) groups is 1. The summed E-state index contributed by atoms with van der Waals surface area (Å²) in [6.45, 7) is 6.24. The van der Waals surface area contributed by atoms with Crippen LogP contribution >= 0.6 is 0 Å². The third-order valence-corrected chi connectivity index (χ3v) is 5.83. The zero-order valence-corrected chi connectivity index (χ0v) is 14.6. The molecule has 1 spiro atoms. The number of carbonyl (C=O) groups excluding carboxylic acids is 1. The van der Waals surface area contributed by atoms with Gasteiger partial charge in [-0.1, -0.05) is 12.8 Å². The molecule has 1 aromatic rings. The van der Waals surface area contributed by atoms with Crippen LogP contribution in [0.25, 0.3) is 0 Å². The van der Waals surface area contributed by atoms with Gasteiger partial charge < -0.3 is 14.4 Å². The first kappa shape index (κ1) is 16.1. The van der Waals surface area contributed by atoms with Crippen LogP contribution in [0.5, 0.6) is 0 Å². The van der Waals surface area contributed by atoms with Gasteiger partial charge in [-0.3, -0.25) is 9.89 Å². The van der Waals surface area contributed by atoms with Gasteiger partial charge in [0, 0.05) is 25.1 Å². The van der Waals surface area contributed by atoms with E-state index in [4.69, 9.17) is 9.47 Å². The average Bonchev–Trinajstić information content (AvgIpc) is 3.12. The van der Waals surface area contributed by atoms with E-state index in [9.17, 15) is 4.79 Å². The number of nitrogens with zero attached hydrogens (tertiary/aromatic N) is 2. The Morgan fingerprint density at radius 2 is 2.08 bits per heavy atom. The van der Waals surface area contributed by atoms with Gasteiger partial charge in [0.2, 0.25) is 0 Å². The SMILES string of the molecule is C[C@@H]1Cc2c(C(=O)N3CCCOCC34CCCC4)n[nH]c2[C@H](C)O1. The highest BCUT2D eigenvalue weighted by atomic mass is 16.5. The minimum absolute atomic E-state index is 0.0364. The Labute approximate surface area is 142 Å². The van der Waals surface area contributed by atoms with Crippen molar-refractivity contribution in [1.29, 1.82) is 0 Å². The minimum atomic E-state index is -0.123. The maximum atomic E-state index is 13.4. The molecule has 1 saturated carbocycles. The molecule has 1 saturated heterocycles. The quantitative estimate of drug-likeness (QED) is 0.858. The van der Waals surface area contributed by atoms with Gasteiger partial charge in [0.05, 0.1) is 30.0 Å². The molecule has 132 valence electrons. The summed E-state index contributed by atoms with van der Waals surface area (Å²) in [6, 6.07) is 0. The van der Waals surface area contributed by atoms with Crippen LogP contribution < -0.4 is 0 Å². The van der Waals surface area contributed by atoms with Crippen LogP contribution in [0.1, 0.15) is 73.8 Å². The van der Waals surface area contributed by atoms with Crippen molar-refractivity contribution in [3.05, 3.63) is 17.0 Å². The number of fused-ring (bicyclic) bond motifs is 1. The zero-order chi connectivity index (χ0) is 16.7. The van der Waals surface area contributed by atoms with Crippen LogP contribution in [0.2, 0.25) is 0 Å². The largest absolute Gasteiger partial charge is 0.379 e. The molecule has 24 heavy (non-hydrogen) atoms. The van der Waals surface area contributed by atoms with E-state index in [1.165, 1.54) is 12.8 Å². The van der Waals surface area contributed by atoms with Crippen LogP contribution in [0, 0.1) is 0 Å². The van der Waals surface area contributed by atoms with Gasteiger partial charge in [0.25, 0.3) is 5.91 Å². The van der Waals surface area contributed by atoms with Crippen molar-refractivity contribution < 1.29 is 14.3 Å². The normalized spacial score (nSPS) is 29.5. The number of aromatic amines is 1. The molecule has 1 aliphatic carbocycles. The number of nitrogens with one attached hydrogen (secondary N) is 1. The molecule has 1 N–H and O–H groups in total. The predicted octanol–water partition coefficient (Wildman–Crippen LogP) is 2.61. The fraction of sp³-hybridized carbons (Fsp3) is 0.778. The highest BCUT2D eigenvalue weighted by Crippen LogP contribution is 2.39. The number of hydrogen-bond donors (Lipinski definition) is 1. The second-order valence-corrected chi connectivity index (χ2v) is 7.55. The number of H-pyrrole nitrogens is 1. The fourth-order valence-corrected chi connectivity index (χ4v) is 4.64. The van der Waals surface area contributed by atoms with Crippen LogP contribution in [-0.2, 0) is 15.9 Å². The van der Waals surface area contributed by atoms with Crippen molar-refractivity contribution in [3.8, 4) is 0 Å². The van der Waals surface area contributed by atoms with E-state index in [0.29, 0.717) is 12.3 Å². The molecule has 2 atom stereocenters. The van der Waals surface area contributed by atoms with Crippen LogP contribution in [-0.4, -0.2) is 52.4 Å². The van der Waals surface area contributed by atoms with Crippen LogP contribution in [0.15, 0.2) is 0 Å². The third kappa shape index (κ3) is 2.56. The summed E-state index contributed by atoms with van der Waals surface area (Å²) in [7, 11) is 0. The van der Waals surface area contributed by atoms with Crippen LogP contribution in [0.4, 0.5) is 0 Å². The standard InChI is InChI=1S/C18H27N3O3/c1-12-10-14-15(13(2)24-12)19-20-16(14)17(22)21-8-5-9-23-11-18(21)6-3-4-7-18/h12-13H,3-11H2,1-2H3,(H,19,20)/t12-,13+/m1/s1. The van der Waals surface area contributed by atoms with E-state index in [1.54, 1.807) is 0 Å². The molecule has 3 heterocycles. The Balaban J connectivity index is 1.68. The summed E-state index contributed by atoms with van der Waals surface area (Å²) in [4.78, 5) is 15.5. The van der Waals surface area contributed by atoms with E-state index in [2.05, 4.69) is 22.0 Å². The Morgan fingerprint density at radius 1 is 1.29 bits per heavy atom. The number of aromatic nitrogens is 2. The molecular weight excluding hydrogens is 306 g/mol. The first-order valence-electron chi connectivity index (χ1n) is 9.23. The van der Waals surface area contributed by atoms with Crippen molar-refractivity contribution in [2.75, 3.05) is 19.8 Å². The molecule has 0 unspecified atom stereocenters. The van der Waals surface area contributed by atoms with Gasteiger partial charge in [-0.2, -0.15) is 5.10 Å². The molecule has 3 aliphatic rings. The van der Waals surface area contributed by atoms with E-state index >= 15 is 0 Å². The van der Waals surface area contributed by atoms with Crippen LogP contribution in [0.3, 0.4) is 0 Å². The molecule has 0 aromatic carbocycles. The highest BCUT2D eigenvalue weighted by molar-refractivity contribution is 5.94. The summed E-state index contributed by atoms with van der Waals surface area (Å²) in [5.41, 5.74) is 2.48. The first-order valence-corrected chi connectivity index (χ1v) is 9.23. The Kier molecular flexibility index (Phi) is 4.12.